The molecule has 0 radical (unpaired) electrons. The average Bonchev–Trinajstić information content (AvgIpc) is 2.76. The Morgan fingerprint density at radius 3 is 2.86 bits per heavy atom. The van der Waals surface area contributed by atoms with E-state index >= 15 is 0 Å². The molecular formula is C12H17NS. The maximum absolute atomic E-state index is 3.75. The van der Waals surface area contributed by atoms with Gasteiger partial charge < -0.3 is 5.32 Å². The van der Waals surface area contributed by atoms with Gasteiger partial charge in [0.15, 0.2) is 0 Å². The van der Waals surface area contributed by atoms with Gasteiger partial charge in [-0.1, -0.05) is 6.92 Å². The predicted molar refractivity (Wildman–Crippen MR) is 60.7 cm³/mol. The highest BCUT2D eigenvalue weighted by Gasteiger charge is 2.55. The molecule has 1 N–H and O–H groups in total. The van der Waals surface area contributed by atoms with Crippen LogP contribution < -0.4 is 5.32 Å². The van der Waals surface area contributed by atoms with Crippen LogP contribution in [0.2, 0.25) is 0 Å². The summed E-state index contributed by atoms with van der Waals surface area (Å²) in [6, 6.07) is 2.31. The standard InChI is InChI=1S/C12H17NS/c1-11(5-6-11)12(2)10-9(3-7-13-12)4-8-14-10/h4,8,13H,3,5-7H2,1-2H3. The van der Waals surface area contributed by atoms with Crippen molar-refractivity contribution in [1.29, 1.82) is 0 Å². The number of rotatable bonds is 1. The second kappa shape index (κ2) is 2.61. The molecule has 1 saturated carbocycles. The zero-order valence-electron chi connectivity index (χ0n) is 8.89. The molecule has 1 fully saturated rings. The molecule has 1 aliphatic heterocycles. The summed E-state index contributed by atoms with van der Waals surface area (Å²) >= 11 is 1.94. The van der Waals surface area contributed by atoms with Crippen molar-refractivity contribution >= 4 is 11.3 Å². The molecule has 0 amide bonds. The number of hydrogen-bond acceptors (Lipinski definition) is 2. The smallest absolute Gasteiger partial charge is 0.0557 e. The number of thiophene rings is 1. The third-order valence-electron chi connectivity index (χ3n) is 4.28. The molecular weight excluding hydrogens is 190 g/mol. The first-order valence-corrected chi connectivity index (χ1v) is 6.36. The second-order valence-corrected chi connectivity index (χ2v) is 6.05. The topological polar surface area (TPSA) is 12.0 Å². The minimum absolute atomic E-state index is 0.259. The van der Waals surface area contributed by atoms with Gasteiger partial charge in [-0.3, -0.25) is 0 Å². The van der Waals surface area contributed by atoms with E-state index < -0.39 is 0 Å². The average molecular weight is 207 g/mol. The van der Waals surface area contributed by atoms with Crippen molar-refractivity contribution < 1.29 is 0 Å². The van der Waals surface area contributed by atoms with E-state index in [2.05, 4.69) is 30.6 Å². The molecule has 2 heteroatoms. The van der Waals surface area contributed by atoms with Crippen molar-refractivity contribution in [2.24, 2.45) is 5.41 Å². The molecule has 3 rings (SSSR count). The van der Waals surface area contributed by atoms with E-state index in [1.165, 1.54) is 19.3 Å². The third kappa shape index (κ3) is 0.986. The third-order valence-corrected chi connectivity index (χ3v) is 5.46. The van der Waals surface area contributed by atoms with Crippen LogP contribution in [0.3, 0.4) is 0 Å². The highest BCUT2D eigenvalue weighted by atomic mass is 32.1. The molecule has 2 aliphatic rings. The van der Waals surface area contributed by atoms with Crippen LogP contribution in [0.25, 0.3) is 0 Å². The van der Waals surface area contributed by atoms with Crippen LogP contribution in [-0.4, -0.2) is 6.54 Å². The normalized spacial score (nSPS) is 33.9. The number of hydrogen-bond donors (Lipinski definition) is 1. The first kappa shape index (κ1) is 8.93. The number of nitrogens with one attached hydrogen (secondary N) is 1. The molecule has 1 aliphatic carbocycles. The SMILES string of the molecule is CC1(C2(C)NCCc3ccsc32)CC1. The highest BCUT2D eigenvalue weighted by molar-refractivity contribution is 7.10. The van der Waals surface area contributed by atoms with E-state index in [0.717, 1.165) is 6.54 Å². The van der Waals surface area contributed by atoms with Gasteiger partial charge in [0.2, 0.25) is 0 Å². The maximum atomic E-state index is 3.75. The minimum Gasteiger partial charge on any atom is -0.306 e. The van der Waals surface area contributed by atoms with Crippen LogP contribution in [0.15, 0.2) is 11.4 Å². The molecule has 14 heavy (non-hydrogen) atoms. The zero-order valence-corrected chi connectivity index (χ0v) is 9.71. The van der Waals surface area contributed by atoms with Gasteiger partial charge in [-0.25, -0.2) is 0 Å². The summed E-state index contributed by atoms with van der Waals surface area (Å²) in [4.78, 5) is 1.60. The molecule has 76 valence electrons. The van der Waals surface area contributed by atoms with Gasteiger partial charge in [0.25, 0.3) is 0 Å². The van der Waals surface area contributed by atoms with Crippen LogP contribution in [0.4, 0.5) is 0 Å². The quantitative estimate of drug-likeness (QED) is 0.746. The van der Waals surface area contributed by atoms with Crippen LogP contribution in [-0.2, 0) is 12.0 Å². The summed E-state index contributed by atoms with van der Waals surface area (Å²) in [5.41, 5.74) is 2.37. The molecule has 0 spiro atoms. The van der Waals surface area contributed by atoms with Crippen molar-refractivity contribution in [3.05, 3.63) is 21.9 Å². The molecule has 1 unspecified atom stereocenters. The molecule has 1 aromatic heterocycles. The lowest BCUT2D eigenvalue weighted by Gasteiger charge is -2.40. The lowest BCUT2D eigenvalue weighted by molar-refractivity contribution is 0.221. The van der Waals surface area contributed by atoms with Crippen molar-refractivity contribution in [2.45, 2.75) is 38.6 Å². The van der Waals surface area contributed by atoms with Crippen molar-refractivity contribution in [3.63, 3.8) is 0 Å². The minimum atomic E-state index is 0.259. The largest absolute Gasteiger partial charge is 0.306 e. The zero-order chi connectivity index (χ0) is 9.81. The molecule has 0 saturated heterocycles. The summed E-state index contributed by atoms with van der Waals surface area (Å²) in [7, 11) is 0. The van der Waals surface area contributed by atoms with Crippen LogP contribution in [0, 0.1) is 5.41 Å². The van der Waals surface area contributed by atoms with E-state index in [4.69, 9.17) is 0 Å². The fraction of sp³-hybridized carbons (Fsp3) is 0.667. The van der Waals surface area contributed by atoms with Gasteiger partial charge in [0.1, 0.15) is 0 Å². The lowest BCUT2D eigenvalue weighted by atomic mass is 9.78. The molecule has 0 aromatic carbocycles. The monoisotopic (exact) mass is 207 g/mol. The summed E-state index contributed by atoms with van der Waals surface area (Å²) in [6.45, 7) is 5.97. The Bertz CT molecular complexity index is 364. The van der Waals surface area contributed by atoms with Crippen LogP contribution in [0.5, 0.6) is 0 Å². The summed E-state index contributed by atoms with van der Waals surface area (Å²) in [5.74, 6) is 0. The highest BCUT2D eigenvalue weighted by Crippen LogP contribution is 2.59. The van der Waals surface area contributed by atoms with Crippen molar-refractivity contribution in [2.75, 3.05) is 6.54 Å². The Morgan fingerprint density at radius 1 is 1.36 bits per heavy atom. The lowest BCUT2D eigenvalue weighted by Crippen LogP contribution is -2.49. The molecule has 2 heterocycles. The van der Waals surface area contributed by atoms with Gasteiger partial charge in [0, 0.05) is 11.4 Å². The maximum Gasteiger partial charge on any atom is 0.0557 e. The first-order chi connectivity index (χ1) is 6.66. The first-order valence-electron chi connectivity index (χ1n) is 5.48. The van der Waals surface area contributed by atoms with Crippen LogP contribution >= 0.6 is 11.3 Å². The van der Waals surface area contributed by atoms with E-state index in [1.807, 2.05) is 11.3 Å². The van der Waals surface area contributed by atoms with E-state index in [-0.39, 0.29) is 5.54 Å². The molecule has 1 aromatic rings. The Kier molecular flexibility index (Phi) is 1.67. The molecule has 1 atom stereocenters. The number of fused-ring (bicyclic) bond motifs is 1. The van der Waals surface area contributed by atoms with E-state index in [9.17, 15) is 0 Å². The van der Waals surface area contributed by atoms with E-state index in [0.29, 0.717) is 5.41 Å². The Balaban J connectivity index is 2.11. The fourth-order valence-electron chi connectivity index (χ4n) is 2.67. The Morgan fingerprint density at radius 2 is 2.14 bits per heavy atom. The Labute approximate surface area is 89.5 Å². The Hall–Kier alpha value is -0.340. The van der Waals surface area contributed by atoms with Crippen molar-refractivity contribution in [1.82, 2.24) is 5.32 Å². The summed E-state index contributed by atoms with van der Waals surface area (Å²) in [5, 5.41) is 6.00. The van der Waals surface area contributed by atoms with Crippen LogP contribution in [0.1, 0.15) is 37.1 Å². The van der Waals surface area contributed by atoms with E-state index in [1.54, 1.807) is 10.4 Å². The van der Waals surface area contributed by atoms with Crippen molar-refractivity contribution in [3.8, 4) is 0 Å². The predicted octanol–water partition coefficient (Wildman–Crippen LogP) is 2.91. The van der Waals surface area contributed by atoms with Gasteiger partial charge >= 0.3 is 0 Å². The summed E-state index contributed by atoms with van der Waals surface area (Å²) in [6.07, 6.45) is 3.98. The molecule has 0 bridgehead atoms. The van der Waals surface area contributed by atoms with Gasteiger partial charge in [-0.05, 0) is 48.6 Å². The van der Waals surface area contributed by atoms with Gasteiger partial charge in [0.05, 0.1) is 5.54 Å². The van der Waals surface area contributed by atoms with Gasteiger partial charge in [-0.15, -0.1) is 11.3 Å². The second-order valence-electron chi connectivity index (χ2n) is 5.14. The fourth-order valence-corrected chi connectivity index (χ4v) is 3.92. The molecule has 1 nitrogen and oxygen atoms in total. The van der Waals surface area contributed by atoms with Gasteiger partial charge in [-0.2, -0.15) is 0 Å². The summed E-state index contributed by atoms with van der Waals surface area (Å²) < 4.78 is 0.